The summed E-state index contributed by atoms with van der Waals surface area (Å²) in [6.07, 6.45) is -0.202. The van der Waals surface area contributed by atoms with Gasteiger partial charge >= 0.3 is 5.97 Å². The Morgan fingerprint density at radius 1 is 0.941 bits per heavy atom. The standard InChI is InChI=1S/C27H33NO6/c1-4-11-23-25(28-19(2)29)27(33-20(3)30)26(32-17-22-14-9-6-10-15-22)24(34-23)18-31-16-21-12-7-5-8-13-21/h4-10,12-15,23-27H,1,11,16-18H2,2-3H3,(H,28,29)/t23-,24-,25+,26-,27-/m1/s1. The van der Waals surface area contributed by atoms with Crippen LogP contribution in [-0.2, 0) is 41.8 Å². The Bertz CT molecular complexity index is 919. The van der Waals surface area contributed by atoms with Gasteiger partial charge in [-0.15, -0.1) is 6.58 Å². The number of ether oxygens (including phenoxy) is 4. The van der Waals surface area contributed by atoms with Crippen molar-refractivity contribution in [3.8, 4) is 0 Å². The van der Waals surface area contributed by atoms with E-state index in [1.807, 2.05) is 60.7 Å². The maximum atomic E-state index is 12.1. The molecular formula is C27H33NO6. The molecule has 0 aromatic heterocycles. The van der Waals surface area contributed by atoms with Gasteiger partial charge in [0.2, 0.25) is 5.91 Å². The lowest BCUT2D eigenvalue weighted by Crippen LogP contribution is -2.65. The van der Waals surface area contributed by atoms with E-state index in [1.165, 1.54) is 13.8 Å². The minimum absolute atomic E-state index is 0.229. The van der Waals surface area contributed by atoms with Crippen LogP contribution < -0.4 is 5.32 Å². The fourth-order valence-corrected chi connectivity index (χ4v) is 4.09. The molecule has 0 radical (unpaired) electrons. The van der Waals surface area contributed by atoms with Crippen LogP contribution in [0.4, 0.5) is 0 Å². The summed E-state index contributed by atoms with van der Waals surface area (Å²) >= 11 is 0. The molecule has 5 atom stereocenters. The summed E-state index contributed by atoms with van der Waals surface area (Å²) in [6.45, 7) is 7.51. The predicted octanol–water partition coefficient (Wildman–Crippen LogP) is 3.57. The van der Waals surface area contributed by atoms with E-state index < -0.39 is 36.4 Å². The quantitative estimate of drug-likeness (QED) is 0.402. The minimum Gasteiger partial charge on any atom is -0.457 e. The maximum absolute atomic E-state index is 12.1. The molecule has 2 aromatic carbocycles. The SMILES string of the molecule is C=CC[C@H]1O[C@H](COCc2ccccc2)[C@@H](OCc2ccccc2)[C@H](OC(C)=O)[C@H]1NC(C)=O. The molecule has 1 fully saturated rings. The normalized spacial score (nSPS) is 24.2. The molecule has 7 heteroatoms. The Kier molecular flexibility index (Phi) is 9.82. The number of benzene rings is 2. The number of hydrogen-bond acceptors (Lipinski definition) is 6. The number of amides is 1. The van der Waals surface area contributed by atoms with E-state index in [4.69, 9.17) is 18.9 Å². The average molecular weight is 468 g/mol. The van der Waals surface area contributed by atoms with E-state index in [0.29, 0.717) is 19.6 Å². The van der Waals surface area contributed by atoms with Crippen molar-refractivity contribution in [2.24, 2.45) is 0 Å². The van der Waals surface area contributed by atoms with Gasteiger partial charge in [0, 0.05) is 13.8 Å². The number of carbonyl (C=O) groups excluding carboxylic acids is 2. The summed E-state index contributed by atoms with van der Waals surface area (Å²) < 4.78 is 24.3. The monoisotopic (exact) mass is 467 g/mol. The molecule has 1 heterocycles. The third kappa shape index (κ3) is 7.52. The van der Waals surface area contributed by atoms with E-state index in [2.05, 4.69) is 11.9 Å². The van der Waals surface area contributed by atoms with Crippen molar-refractivity contribution in [1.82, 2.24) is 5.32 Å². The van der Waals surface area contributed by atoms with Crippen LogP contribution in [0.5, 0.6) is 0 Å². The molecule has 1 N–H and O–H groups in total. The van der Waals surface area contributed by atoms with E-state index >= 15 is 0 Å². The molecule has 1 saturated heterocycles. The molecule has 0 spiro atoms. The van der Waals surface area contributed by atoms with Crippen molar-refractivity contribution in [1.29, 1.82) is 0 Å². The van der Waals surface area contributed by atoms with Crippen LogP contribution in [0.1, 0.15) is 31.4 Å². The largest absolute Gasteiger partial charge is 0.457 e. The van der Waals surface area contributed by atoms with Gasteiger partial charge in [-0.3, -0.25) is 9.59 Å². The van der Waals surface area contributed by atoms with E-state index in [1.54, 1.807) is 6.08 Å². The molecule has 3 rings (SSSR count). The van der Waals surface area contributed by atoms with Gasteiger partial charge in [0.15, 0.2) is 6.10 Å². The zero-order valence-corrected chi connectivity index (χ0v) is 19.7. The van der Waals surface area contributed by atoms with E-state index in [0.717, 1.165) is 11.1 Å². The first-order valence-corrected chi connectivity index (χ1v) is 11.5. The first-order chi connectivity index (χ1) is 16.5. The van der Waals surface area contributed by atoms with E-state index in [9.17, 15) is 9.59 Å². The summed E-state index contributed by atoms with van der Waals surface area (Å²) in [7, 11) is 0. The molecule has 1 aliphatic rings. The first-order valence-electron chi connectivity index (χ1n) is 11.5. The Balaban J connectivity index is 1.83. The summed E-state index contributed by atoms with van der Waals surface area (Å²) in [6, 6.07) is 18.9. The number of esters is 1. The lowest BCUT2D eigenvalue weighted by Gasteiger charge is -2.46. The number of hydrogen-bond donors (Lipinski definition) is 1. The van der Waals surface area contributed by atoms with Gasteiger partial charge in [-0.05, 0) is 17.5 Å². The summed E-state index contributed by atoms with van der Waals surface area (Å²) in [5.41, 5.74) is 2.01. The highest BCUT2D eigenvalue weighted by Crippen LogP contribution is 2.29. The molecule has 1 aliphatic heterocycles. The molecule has 7 nitrogen and oxygen atoms in total. The average Bonchev–Trinajstić information content (AvgIpc) is 2.82. The Morgan fingerprint density at radius 3 is 2.12 bits per heavy atom. The molecule has 0 saturated carbocycles. The summed E-state index contributed by atoms with van der Waals surface area (Å²) in [4.78, 5) is 24.0. The van der Waals surface area contributed by atoms with Gasteiger partial charge in [0.05, 0.1) is 32.0 Å². The zero-order chi connectivity index (χ0) is 24.3. The Labute approximate surface area is 201 Å². The number of rotatable bonds is 11. The smallest absolute Gasteiger partial charge is 0.303 e. The van der Waals surface area contributed by atoms with Crippen molar-refractivity contribution in [3.05, 3.63) is 84.4 Å². The third-order valence-corrected chi connectivity index (χ3v) is 5.54. The minimum atomic E-state index is -0.755. The molecule has 0 unspecified atom stereocenters. The number of carbonyl (C=O) groups is 2. The van der Waals surface area contributed by atoms with Crippen molar-refractivity contribution in [2.45, 2.75) is 63.9 Å². The molecule has 0 aliphatic carbocycles. The molecule has 34 heavy (non-hydrogen) atoms. The van der Waals surface area contributed by atoms with Crippen LogP contribution in [0.25, 0.3) is 0 Å². The maximum Gasteiger partial charge on any atom is 0.303 e. The van der Waals surface area contributed by atoms with Crippen LogP contribution in [0, 0.1) is 0 Å². The molecule has 182 valence electrons. The molecular weight excluding hydrogens is 434 g/mol. The van der Waals surface area contributed by atoms with Gasteiger partial charge in [-0.25, -0.2) is 0 Å². The van der Waals surface area contributed by atoms with Gasteiger partial charge in [0.1, 0.15) is 12.2 Å². The highest BCUT2D eigenvalue weighted by molar-refractivity contribution is 5.73. The van der Waals surface area contributed by atoms with Crippen molar-refractivity contribution < 1.29 is 28.5 Å². The van der Waals surface area contributed by atoms with Crippen LogP contribution in [0.2, 0.25) is 0 Å². The van der Waals surface area contributed by atoms with Gasteiger partial charge < -0.3 is 24.3 Å². The zero-order valence-electron chi connectivity index (χ0n) is 19.7. The second-order valence-corrected chi connectivity index (χ2v) is 8.30. The second-order valence-electron chi connectivity index (χ2n) is 8.30. The van der Waals surface area contributed by atoms with Gasteiger partial charge in [-0.2, -0.15) is 0 Å². The Hall–Kier alpha value is -3.00. The lowest BCUT2D eigenvalue weighted by atomic mass is 9.90. The summed E-state index contributed by atoms with van der Waals surface area (Å²) in [5, 5.41) is 2.89. The van der Waals surface area contributed by atoms with Crippen molar-refractivity contribution in [2.75, 3.05) is 6.61 Å². The number of nitrogens with one attached hydrogen (secondary N) is 1. The van der Waals surface area contributed by atoms with Crippen LogP contribution in [-0.4, -0.2) is 48.9 Å². The Morgan fingerprint density at radius 2 is 1.56 bits per heavy atom. The highest BCUT2D eigenvalue weighted by Gasteiger charge is 2.48. The topological polar surface area (TPSA) is 83.1 Å². The molecule has 0 bridgehead atoms. The second kappa shape index (κ2) is 13.0. The van der Waals surface area contributed by atoms with Crippen molar-refractivity contribution >= 4 is 11.9 Å². The predicted molar refractivity (Wildman–Crippen MR) is 128 cm³/mol. The molecule has 1 amide bonds. The van der Waals surface area contributed by atoms with Crippen LogP contribution in [0.15, 0.2) is 73.3 Å². The third-order valence-electron chi connectivity index (χ3n) is 5.54. The first kappa shape index (κ1) is 25.6. The fraction of sp³-hybridized carbons (Fsp3) is 0.407. The van der Waals surface area contributed by atoms with Gasteiger partial charge in [-0.1, -0.05) is 66.7 Å². The van der Waals surface area contributed by atoms with Gasteiger partial charge in [0.25, 0.3) is 0 Å². The molecule has 2 aromatic rings. The van der Waals surface area contributed by atoms with Crippen LogP contribution >= 0.6 is 0 Å². The lowest BCUT2D eigenvalue weighted by molar-refractivity contribution is -0.227. The highest BCUT2D eigenvalue weighted by atomic mass is 16.6. The van der Waals surface area contributed by atoms with E-state index in [-0.39, 0.29) is 12.5 Å². The van der Waals surface area contributed by atoms with Crippen molar-refractivity contribution in [3.63, 3.8) is 0 Å². The van der Waals surface area contributed by atoms with Crippen LogP contribution in [0.3, 0.4) is 0 Å². The summed E-state index contributed by atoms with van der Waals surface area (Å²) in [5.74, 6) is -0.711. The fourth-order valence-electron chi connectivity index (χ4n) is 4.09.